The molecule has 0 aromatic carbocycles. The second-order valence-electron chi connectivity index (χ2n) is 4.56. The van der Waals surface area contributed by atoms with E-state index in [2.05, 4.69) is 0 Å². The molecule has 0 radical (unpaired) electrons. The van der Waals surface area contributed by atoms with Gasteiger partial charge in [-0.05, 0) is 20.3 Å². The molecule has 0 aromatic rings. The van der Waals surface area contributed by atoms with Crippen molar-refractivity contribution in [2.45, 2.75) is 20.3 Å². The summed E-state index contributed by atoms with van der Waals surface area (Å²) < 4.78 is 0. The molecule has 1 rings (SSSR count). The van der Waals surface area contributed by atoms with Crippen molar-refractivity contribution in [3.8, 4) is 0 Å². The van der Waals surface area contributed by atoms with E-state index in [0.29, 0.717) is 19.5 Å². The van der Waals surface area contributed by atoms with E-state index in [4.69, 9.17) is 23.7 Å². The van der Waals surface area contributed by atoms with E-state index in [1.165, 1.54) is 0 Å². The third-order valence-electron chi connectivity index (χ3n) is 3.18. The SMILES string of the molecule is CC(C(=O)N1CCC(C)(C(N)=O)C1)C(N)=S. The van der Waals surface area contributed by atoms with Crippen LogP contribution < -0.4 is 11.5 Å². The van der Waals surface area contributed by atoms with Crippen molar-refractivity contribution < 1.29 is 9.59 Å². The first-order chi connectivity index (χ1) is 7.28. The molecular formula is C10H17N3O2S. The average molecular weight is 243 g/mol. The molecule has 0 aliphatic carbocycles. The van der Waals surface area contributed by atoms with E-state index >= 15 is 0 Å². The fourth-order valence-corrected chi connectivity index (χ4v) is 1.85. The number of amides is 2. The van der Waals surface area contributed by atoms with Gasteiger partial charge in [0, 0.05) is 13.1 Å². The van der Waals surface area contributed by atoms with Gasteiger partial charge >= 0.3 is 0 Å². The normalized spacial score (nSPS) is 26.5. The lowest BCUT2D eigenvalue weighted by atomic mass is 9.89. The fourth-order valence-electron chi connectivity index (χ4n) is 1.75. The van der Waals surface area contributed by atoms with Crippen LogP contribution in [0.4, 0.5) is 0 Å². The molecule has 1 aliphatic rings. The van der Waals surface area contributed by atoms with Gasteiger partial charge in [-0.2, -0.15) is 0 Å². The van der Waals surface area contributed by atoms with Crippen molar-refractivity contribution in [2.75, 3.05) is 13.1 Å². The van der Waals surface area contributed by atoms with Crippen LogP contribution >= 0.6 is 12.2 Å². The molecule has 2 amide bonds. The fraction of sp³-hybridized carbons (Fsp3) is 0.700. The van der Waals surface area contributed by atoms with Crippen molar-refractivity contribution in [2.24, 2.45) is 22.8 Å². The largest absolute Gasteiger partial charge is 0.393 e. The van der Waals surface area contributed by atoms with Crippen LogP contribution in [0.3, 0.4) is 0 Å². The molecular weight excluding hydrogens is 226 g/mol. The summed E-state index contributed by atoms with van der Waals surface area (Å²) in [5.41, 5.74) is 10.1. The van der Waals surface area contributed by atoms with E-state index in [1.54, 1.807) is 18.7 Å². The number of hydrogen-bond donors (Lipinski definition) is 2. The van der Waals surface area contributed by atoms with Gasteiger partial charge in [-0.15, -0.1) is 0 Å². The highest BCUT2D eigenvalue weighted by Crippen LogP contribution is 2.30. The van der Waals surface area contributed by atoms with Crippen molar-refractivity contribution >= 4 is 29.0 Å². The van der Waals surface area contributed by atoms with Crippen molar-refractivity contribution in [1.82, 2.24) is 4.90 Å². The quantitative estimate of drug-likeness (QED) is 0.662. The smallest absolute Gasteiger partial charge is 0.232 e. The number of carbonyl (C=O) groups is 2. The first-order valence-electron chi connectivity index (χ1n) is 5.16. The van der Waals surface area contributed by atoms with Crippen LogP contribution in [-0.2, 0) is 9.59 Å². The Morgan fingerprint density at radius 1 is 1.44 bits per heavy atom. The van der Waals surface area contributed by atoms with Gasteiger partial charge in [0.25, 0.3) is 0 Å². The van der Waals surface area contributed by atoms with Crippen LogP contribution in [0, 0.1) is 11.3 Å². The highest BCUT2D eigenvalue weighted by Gasteiger charge is 2.41. The molecule has 0 aromatic heterocycles. The van der Waals surface area contributed by atoms with E-state index < -0.39 is 11.3 Å². The van der Waals surface area contributed by atoms with Gasteiger partial charge in [-0.3, -0.25) is 9.59 Å². The monoisotopic (exact) mass is 243 g/mol. The molecule has 90 valence electrons. The molecule has 5 nitrogen and oxygen atoms in total. The maximum atomic E-state index is 11.9. The highest BCUT2D eigenvalue weighted by atomic mass is 32.1. The van der Waals surface area contributed by atoms with Gasteiger partial charge in [0.15, 0.2) is 0 Å². The Morgan fingerprint density at radius 3 is 2.38 bits per heavy atom. The molecule has 6 heteroatoms. The maximum Gasteiger partial charge on any atom is 0.232 e. The predicted molar refractivity (Wildman–Crippen MR) is 64.4 cm³/mol. The molecule has 2 atom stereocenters. The number of likely N-dealkylation sites (tertiary alicyclic amines) is 1. The standard InChI is InChI=1S/C10H17N3O2S/c1-6(7(11)16)8(14)13-4-3-10(2,5-13)9(12)15/h6H,3-5H2,1-2H3,(H2,11,16)(H2,12,15). The Hall–Kier alpha value is -1.17. The third kappa shape index (κ3) is 2.32. The summed E-state index contributed by atoms with van der Waals surface area (Å²) in [5, 5.41) is 0. The van der Waals surface area contributed by atoms with Crippen LogP contribution in [-0.4, -0.2) is 34.8 Å². The minimum atomic E-state index is -0.619. The molecule has 4 N–H and O–H groups in total. The van der Waals surface area contributed by atoms with Gasteiger partial charge in [0.05, 0.1) is 16.3 Å². The number of carbonyl (C=O) groups excluding carboxylic acids is 2. The van der Waals surface area contributed by atoms with E-state index in [1.807, 2.05) is 0 Å². The average Bonchev–Trinajstić information content (AvgIpc) is 2.60. The van der Waals surface area contributed by atoms with Crippen molar-refractivity contribution in [3.05, 3.63) is 0 Å². The molecule has 0 spiro atoms. The minimum Gasteiger partial charge on any atom is -0.393 e. The lowest BCUT2D eigenvalue weighted by Gasteiger charge is -2.23. The Kier molecular flexibility index (Phi) is 3.52. The number of thiocarbonyl (C=S) groups is 1. The Labute approximate surface area is 100 Å². The molecule has 2 unspecified atom stereocenters. The van der Waals surface area contributed by atoms with Gasteiger partial charge in [-0.1, -0.05) is 12.2 Å². The Bertz CT molecular complexity index is 345. The molecule has 0 bridgehead atoms. The maximum absolute atomic E-state index is 11.9. The molecule has 1 saturated heterocycles. The molecule has 0 saturated carbocycles. The summed E-state index contributed by atoms with van der Waals surface area (Å²) in [6.07, 6.45) is 0.595. The Morgan fingerprint density at radius 2 is 2.00 bits per heavy atom. The van der Waals surface area contributed by atoms with E-state index in [9.17, 15) is 9.59 Å². The summed E-state index contributed by atoms with van der Waals surface area (Å²) in [7, 11) is 0. The lowest BCUT2D eigenvalue weighted by Crippen LogP contribution is -2.42. The van der Waals surface area contributed by atoms with Gasteiger partial charge in [-0.25, -0.2) is 0 Å². The lowest BCUT2D eigenvalue weighted by molar-refractivity contribution is -0.133. The van der Waals surface area contributed by atoms with Crippen LogP contribution in [0.15, 0.2) is 0 Å². The van der Waals surface area contributed by atoms with Gasteiger partial charge in [0.1, 0.15) is 0 Å². The second kappa shape index (κ2) is 4.37. The zero-order chi connectivity index (χ0) is 12.5. The van der Waals surface area contributed by atoms with Gasteiger partial charge < -0.3 is 16.4 Å². The number of primary amides is 1. The van der Waals surface area contributed by atoms with Crippen LogP contribution in [0.5, 0.6) is 0 Å². The topological polar surface area (TPSA) is 89.4 Å². The first-order valence-corrected chi connectivity index (χ1v) is 5.57. The number of nitrogens with two attached hydrogens (primary N) is 2. The molecule has 1 fully saturated rings. The summed E-state index contributed by atoms with van der Waals surface area (Å²) in [6, 6.07) is 0. The van der Waals surface area contributed by atoms with E-state index in [-0.39, 0.29) is 16.8 Å². The third-order valence-corrected chi connectivity index (χ3v) is 3.53. The second-order valence-corrected chi connectivity index (χ2v) is 5.03. The van der Waals surface area contributed by atoms with Crippen LogP contribution in [0.1, 0.15) is 20.3 Å². The summed E-state index contributed by atoms with van der Waals surface area (Å²) in [5.74, 6) is -0.978. The number of nitrogens with zero attached hydrogens (tertiary/aromatic N) is 1. The van der Waals surface area contributed by atoms with E-state index in [0.717, 1.165) is 0 Å². The summed E-state index contributed by atoms with van der Waals surface area (Å²) in [4.78, 5) is 24.9. The molecule has 1 aliphatic heterocycles. The highest BCUT2D eigenvalue weighted by molar-refractivity contribution is 7.80. The van der Waals surface area contributed by atoms with Crippen molar-refractivity contribution in [3.63, 3.8) is 0 Å². The predicted octanol–water partition coefficient (Wildman–Crippen LogP) is -0.367. The molecule has 1 heterocycles. The number of hydrogen-bond acceptors (Lipinski definition) is 3. The van der Waals surface area contributed by atoms with Crippen molar-refractivity contribution in [1.29, 1.82) is 0 Å². The molecule has 16 heavy (non-hydrogen) atoms. The summed E-state index contributed by atoms with van der Waals surface area (Å²) >= 11 is 4.78. The van der Waals surface area contributed by atoms with Crippen LogP contribution in [0.2, 0.25) is 0 Å². The minimum absolute atomic E-state index is 0.127. The van der Waals surface area contributed by atoms with Crippen LogP contribution in [0.25, 0.3) is 0 Å². The van der Waals surface area contributed by atoms with Gasteiger partial charge in [0.2, 0.25) is 11.8 Å². The zero-order valence-electron chi connectivity index (χ0n) is 9.53. The summed E-state index contributed by atoms with van der Waals surface area (Å²) in [6.45, 7) is 4.33. The number of rotatable bonds is 3. The first kappa shape index (κ1) is 12.9. The Balaban J connectivity index is 2.70. The zero-order valence-corrected chi connectivity index (χ0v) is 10.3.